The lowest BCUT2D eigenvalue weighted by molar-refractivity contribution is -0.143. The number of carbonyl (C=O) groups excluding carboxylic acids is 1. The van der Waals surface area contributed by atoms with Crippen LogP contribution in [0.3, 0.4) is 0 Å². The molecule has 1 N–H and O–H groups in total. The second-order valence-electron chi connectivity index (χ2n) is 8.52. The van der Waals surface area contributed by atoms with Gasteiger partial charge in [-0.3, -0.25) is 0 Å². The molecule has 2 bridgehead atoms. The monoisotopic (exact) mass is 400 g/mol. The largest absolute Gasteiger partial charge is 0.493 e. The molecule has 5 heteroatoms. The Balaban J connectivity index is 0.00000240. The van der Waals surface area contributed by atoms with Crippen molar-refractivity contribution >= 4 is 11.5 Å². The molecule has 0 unspecified atom stereocenters. The fourth-order valence-corrected chi connectivity index (χ4v) is 4.79. The van der Waals surface area contributed by atoms with E-state index in [0.717, 1.165) is 80.7 Å². The molecule has 0 radical (unpaired) electrons. The summed E-state index contributed by atoms with van der Waals surface area (Å²) in [5.74, 6) is 0.699. The zero-order chi connectivity index (χ0) is 19.6. The van der Waals surface area contributed by atoms with Crippen molar-refractivity contribution in [2.24, 2.45) is 5.41 Å². The third-order valence-corrected chi connectivity index (χ3v) is 6.73. The Bertz CT molecular complexity index is 750. The highest BCUT2D eigenvalue weighted by Gasteiger charge is 2.40. The summed E-state index contributed by atoms with van der Waals surface area (Å²) in [4.78, 5) is 15.4. The van der Waals surface area contributed by atoms with Gasteiger partial charge in [-0.2, -0.15) is 0 Å². The molecule has 0 saturated carbocycles. The molecule has 1 aliphatic carbocycles. The molecule has 160 valence electrons. The molecule has 0 atom stereocenters. The highest BCUT2D eigenvalue weighted by Crippen LogP contribution is 2.41. The summed E-state index contributed by atoms with van der Waals surface area (Å²) in [5.41, 5.74) is 4.19. The summed E-state index contributed by atoms with van der Waals surface area (Å²) in [6, 6.07) is 4.12. The van der Waals surface area contributed by atoms with E-state index < -0.39 is 0 Å². The molecule has 5 nitrogen and oxygen atoms in total. The van der Waals surface area contributed by atoms with Crippen LogP contribution in [0.15, 0.2) is 18.2 Å². The van der Waals surface area contributed by atoms with Crippen LogP contribution >= 0.6 is 0 Å². The van der Waals surface area contributed by atoms with Crippen molar-refractivity contribution in [2.75, 3.05) is 46.4 Å². The lowest BCUT2D eigenvalue weighted by Crippen LogP contribution is -2.50. The van der Waals surface area contributed by atoms with Gasteiger partial charge < -0.3 is 19.7 Å². The van der Waals surface area contributed by atoms with Gasteiger partial charge >= 0.3 is 5.97 Å². The molecule has 0 amide bonds. The average molecular weight is 401 g/mol. The maximum atomic E-state index is 12.9. The van der Waals surface area contributed by atoms with E-state index >= 15 is 0 Å². The van der Waals surface area contributed by atoms with Gasteiger partial charge in [-0.1, -0.05) is 19.6 Å². The van der Waals surface area contributed by atoms with Crippen LogP contribution in [0.1, 0.15) is 49.8 Å². The summed E-state index contributed by atoms with van der Waals surface area (Å²) < 4.78 is 11.8. The molecular weight excluding hydrogens is 364 g/mol. The third-order valence-electron chi connectivity index (χ3n) is 6.73. The van der Waals surface area contributed by atoms with Gasteiger partial charge in [0.15, 0.2) is 0 Å². The van der Waals surface area contributed by atoms with Gasteiger partial charge in [-0.25, -0.2) is 4.79 Å². The molecule has 0 spiro atoms. The Labute approximate surface area is 175 Å². The molecule has 3 aliphatic heterocycles. The molecule has 29 heavy (non-hydrogen) atoms. The number of allylic oxidation sites excluding steroid dienone is 1. The zero-order valence-corrected chi connectivity index (χ0v) is 17.2. The van der Waals surface area contributed by atoms with Crippen LogP contribution in [-0.2, 0) is 16.0 Å². The second kappa shape index (κ2) is 9.31. The van der Waals surface area contributed by atoms with E-state index in [1.807, 2.05) is 26.1 Å². The van der Waals surface area contributed by atoms with E-state index in [0.29, 0.717) is 13.2 Å². The number of hydrogen-bond acceptors (Lipinski definition) is 5. The molecule has 4 aliphatic rings. The van der Waals surface area contributed by atoms with Crippen molar-refractivity contribution in [3.05, 3.63) is 34.9 Å². The fourth-order valence-electron chi connectivity index (χ4n) is 4.79. The number of hydrogen-bond donors (Lipinski definition) is 1. The number of fused-ring (bicyclic) bond motifs is 4. The predicted octanol–water partition coefficient (Wildman–Crippen LogP) is 3.59. The summed E-state index contributed by atoms with van der Waals surface area (Å²) in [6.45, 7) is 7.66. The Morgan fingerprint density at radius 1 is 1.21 bits per heavy atom. The van der Waals surface area contributed by atoms with Crippen LogP contribution in [0.4, 0.5) is 0 Å². The zero-order valence-electron chi connectivity index (χ0n) is 17.2. The first-order chi connectivity index (χ1) is 13.6. The molecule has 3 saturated heterocycles. The molecule has 1 aromatic rings. The number of rotatable bonds is 8. The van der Waals surface area contributed by atoms with Gasteiger partial charge in [0.05, 0.1) is 18.8 Å². The second-order valence-corrected chi connectivity index (χ2v) is 8.52. The lowest BCUT2D eigenvalue weighted by atomic mass is 9.73. The molecule has 3 heterocycles. The molecule has 0 aromatic heterocycles. The molecule has 5 rings (SSSR count). The van der Waals surface area contributed by atoms with Gasteiger partial charge in [-0.15, -0.1) is 0 Å². The topological polar surface area (TPSA) is 50.8 Å². The number of ether oxygens (including phenoxy) is 2. The number of nitrogens with zero attached hydrogens (tertiary/aromatic N) is 1. The van der Waals surface area contributed by atoms with E-state index in [4.69, 9.17) is 9.47 Å². The highest BCUT2D eigenvalue weighted by molar-refractivity contribution is 6.18. The van der Waals surface area contributed by atoms with E-state index in [9.17, 15) is 4.79 Å². The summed E-state index contributed by atoms with van der Waals surface area (Å²) in [6.07, 6.45) is 7.22. The van der Waals surface area contributed by atoms with Gasteiger partial charge in [0.2, 0.25) is 0 Å². The van der Waals surface area contributed by atoms with E-state index in [2.05, 4.69) is 16.3 Å². The third kappa shape index (κ3) is 4.51. The van der Waals surface area contributed by atoms with Crippen molar-refractivity contribution in [3.8, 4) is 5.75 Å². The highest BCUT2D eigenvalue weighted by atomic mass is 16.5. The predicted molar refractivity (Wildman–Crippen MR) is 117 cm³/mol. The van der Waals surface area contributed by atoms with Crippen LogP contribution in [0.2, 0.25) is 0 Å². The maximum absolute atomic E-state index is 12.9. The minimum absolute atomic E-state index is 0. The fraction of sp³-hybridized carbons (Fsp3) is 0.625. The van der Waals surface area contributed by atoms with Crippen molar-refractivity contribution in [3.63, 3.8) is 0 Å². The number of benzene rings is 1. The van der Waals surface area contributed by atoms with Crippen molar-refractivity contribution in [1.29, 1.82) is 0 Å². The Morgan fingerprint density at radius 2 is 1.93 bits per heavy atom. The van der Waals surface area contributed by atoms with Crippen LogP contribution < -0.4 is 10.1 Å². The number of carbonyl (C=O) groups is 1. The minimum Gasteiger partial charge on any atom is -0.493 e. The maximum Gasteiger partial charge on any atom is 0.338 e. The standard InChI is InChI=1S/C23H32N2O3.CH4/c1-17-20(27-15-3-11-24-2)7-5-18-4-6-19(21(17)18)22(26)28-16-23-8-12-25(13-9-23)14-10-23;/h5-7,24H,3-4,8-16H2,1-2H3;1H4. The number of nitrogens with one attached hydrogen (secondary N) is 1. The minimum atomic E-state index is -0.170. The summed E-state index contributed by atoms with van der Waals surface area (Å²) >= 11 is 0. The first-order valence-electron chi connectivity index (χ1n) is 10.6. The molecular formula is C24H36N2O3. The van der Waals surface area contributed by atoms with Gasteiger partial charge in [0.25, 0.3) is 0 Å². The van der Waals surface area contributed by atoms with E-state index in [1.54, 1.807) is 0 Å². The SMILES string of the molecule is C.CNCCCOc1ccc2c(c1C)C(C(=O)OCC13CCN(CC1)CC3)=CC2. The lowest BCUT2D eigenvalue weighted by Gasteiger charge is -2.47. The summed E-state index contributed by atoms with van der Waals surface area (Å²) in [5, 5.41) is 3.13. The van der Waals surface area contributed by atoms with E-state index in [-0.39, 0.29) is 18.8 Å². The molecule has 3 fully saturated rings. The van der Waals surface area contributed by atoms with Crippen LogP contribution in [0.5, 0.6) is 5.75 Å². The number of esters is 1. The first kappa shape index (κ1) is 21.8. The van der Waals surface area contributed by atoms with Crippen molar-refractivity contribution < 1.29 is 14.3 Å². The summed E-state index contributed by atoms with van der Waals surface area (Å²) in [7, 11) is 1.94. The van der Waals surface area contributed by atoms with Crippen molar-refractivity contribution in [2.45, 2.75) is 46.5 Å². The Hall–Kier alpha value is -1.85. The Kier molecular flexibility index (Phi) is 7.01. The Morgan fingerprint density at radius 3 is 2.62 bits per heavy atom. The number of piperidine rings is 3. The van der Waals surface area contributed by atoms with Gasteiger partial charge in [0.1, 0.15) is 5.75 Å². The quantitative estimate of drug-likeness (QED) is 0.534. The molecule has 1 aromatic carbocycles. The van der Waals surface area contributed by atoms with Crippen LogP contribution in [0, 0.1) is 12.3 Å². The van der Waals surface area contributed by atoms with Gasteiger partial charge in [-0.05, 0) is 95.0 Å². The van der Waals surface area contributed by atoms with Crippen molar-refractivity contribution in [1.82, 2.24) is 10.2 Å². The van der Waals surface area contributed by atoms with E-state index in [1.165, 1.54) is 5.56 Å². The normalized spacial score (nSPS) is 24.5. The first-order valence-corrected chi connectivity index (χ1v) is 10.6. The van der Waals surface area contributed by atoms with Crippen LogP contribution in [-0.4, -0.2) is 57.3 Å². The van der Waals surface area contributed by atoms with Crippen LogP contribution in [0.25, 0.3) is 5.57 Å². The smallest absolute Gasteiger partial charge is 0.338 e. The van der Waals surface area contributed by atoms with Gasteiger partial charge in [0, 0.05) is 5.41 Å². The average Bonchev–Trinajstić information content (AvgIpc) is 3.17.